The predicted molar refractivity (Wildman–Crippen MR) is 26.4 cm³/mol. The normalized spacial score (nSPS) is 0. The van der Waals surface area contributed by atoms with E-state index in [2.05, 4.69) is 0 Å². The third-order valence-electron chi connectivity index (χ3n) is 0. The van der Waals surface area contributed by atoms with Gasteiger partial charge in [0.1, 0.15) is 0 Å². The van der Waals surface area contributed by atoms with E-state index < -0.39 is 0 Å². The largest absolute Gasteiger partial charge is 2.00 e. The van der Waals surface area contributed by atoms with Crippen molar-refractivity contribution in [2.75, 3.05) is 0 Å². The second-order valence-corrected chi connectivity index (χ2v) is 0. The van der Waals surface area contributed by atoms with Crippen molar-refractivity contribution in [3.63, 3.8) is 0 Å². The molecule has 0 rings (SSSR count). The predicted octanol–water partition coefficient (Wildman–Crippen LogP) is -30.7. The average molecular weight is 303 g/mol. The van der Waals surface area contributed by atoms with Gasteiger partial charge in [-0.25, -0.2) is 0 Å². The van der Waals surface area contributed by atoms with E-state index in [4.69, 9.17) is 0 Å². The van der Waals surface area contributed by atoms with Gasteiger partial charge in [0.15, 0.2) is 0 Å². The average Bonchev–Trinajstić information content (AvgIpc) is 0. The van der Waals surface area contributed by atoms with Gasteiger partial charge < -0.3 is 13.5 Å². The molecule has 0 unspecified atom stereocenters. The molecule has 0 aliphatic carbocycles. The molecule has 0 fully saturated rings. The van der Waals surface area contributed by atoms with E-state index in [1.807, 2.05) is 0 Å². The molecule has 0 heterocycles. The van der Waals surface area contributed by atoms with Gasteiger partial charge in [0.2, 0.25) is 0 Å². The van der Waals surface area contributed by atoms with Crippen molar-refractivity contribution in [1.29, 1.82) is 0 Å². The first-order chi connectivity index (χ1) is 0. The summed E-state index contributed by atoms with van der Waals surface area (Å²) in [4.78, 5) is 0. The number of hydrogen-bond donors (Lipinski definition) is 0. The molecule has 0 bridgehead atoms. The van der Waals surface area contributed by atoms with Gasteiger partial charge in [0.05, 0.1) is 0 Å². The van der Waals surface area contributed by atoms with Crippen molar-refractivity contribution < 1.29 is 338 Å². The summed E-state index contributed by atoms with van der Waals surface area (Å²) in [7, 11) is 0. The van der Waals surface area contributed by atoms with E-state index >= 15 is 0 Å². The minimum absolute atomic E-state index is 0. The molecule has 0 spiro atoms. The molecule has 0 aliphatic rings. The van der Waals surface area contributed by atoms with E-state index in [-0.39, 0.29) is 351 Å². The van der Waals surface area contributed by atoms with Crippen LogP contribution < -0.4 is 325 Å². The Morgan fingerprint density at radius 1 is 0.250 bits per heavy atom. The molecule has 0 amide bonds. The SMILES string of the molecule is [HH].[HH].[HH].[HH].[HH].[HH].[HH].[HH].[HH].[Na+].[Na+].[Na+].[Na+].[Na+].[Na+].[Na+].[Na+].[Na+].[Na+].[Na+].[S-2]. The molecule has 0 saturated heterocycles. The van der Waals surface area contributed by atoms with Crippen LogP contribution in [0.15, 0.2) is 0 Å². The van der Waals surface area contributed by atoms with Gasteiger partial charge in [0, 0.05) is 12.8 Å². The Bertz CT molecular complexity index is 25.7. The van der Waals surface area contributed by atoms with E-state index in [0.717, 1.165) is 0 Å². The summed E-state index contributed by atoms with van der Waals surface area (Å²) < 4.78 is 0. The molecule has 0 aliphatic heterocycles. The van der Waals surface area contributed by atoms with Crippen LogP contribution in [0.1, 0.15) is 12.8 Å². The molecule has 0 nitrogen and oxygen atoms in total. The molecule has 12 heavy (non-hydrogen) atoms. The van der Waals surface area contributed by atoms with Crippen LogP contribution in [0.3, 0.4) is 0 Å². The standard InChI is InChI=1S/11Na.S.9H2/h;;;;;;;;;;;;9*1H/q11*+1;-2;;;;;;;;;. The third kappa shape index (κ3) is 68.6. The van der Waals surface area contributed by atoms with Crippen LogP contribution in [0.5, 0.6) is 0 Å². The minimum atomic E-state index is 0. The van der Waals surface area contributed by atoms with Gasteiger partial charge in [-0.1, -0.05) is 0 Å². The molecule has 12 heteroatoms. The van der Waals surface area contributed by atoms with Crippen LogP contribution in [0, 0.1) is 0 Å². The smallest absolute Gasteiger partial charge is 1.00 e. The zero-order valence-corrected chi connectivity index (χ0v) is 34.2. The van der Waals surface area contributed by atoms with Crippen molar-refractivity contribution in [1.82, 2.24) is 0 Å². The Labute approximate surface area is 340 Å². The van der Waals surface area contributed by atoms with Crippen LogP contribution >= 0.6 is 0 Å². The summed E-state index contributed by atoms with van der Waals surface area (Å²) in [5.74, 6) is 0. The zero-order chi connectivity index (χ0) is 0. The fourth-order valence-electron chi connectivity index (χ4n) is 0. The van der Waals surface area contributed by atoms with Crippen LogP contribution in [-0.4, -0.2) is 0 Å². The first-order valence-corrected chi connectivity index (χ1v) is 0. The summed E-state index contributed by atoms with van der Waals surface area (Å²) in [5.41, 5.74) is 0. The van der Waals surface area contributed by atoms with Crippen molar-refractivity contribution in [3.8, 4) is 0 Å². The summed E-state index contributed by atoms with van der Waals surface area (Å²) in [6.45, 7) is 0. The third-order valence-corrected chi connectivity index (χ3v) is 0. The molecule has 26 valence electrons. The maximum atomic E-state index is 0. The van der Waals surface area contributed by atoms with Gasteiger partial charge in [-0.05, 0) is 0 Å². The Morgan fingerprint density at radius 3 is 0.250 bits per heavy atom. The Balaban J connectivity index is 0. The van der Waals surface area contributed by atoms with Gasteiger partial charge in [-0.15, -0.1) is 0 Å². The number of hydrogen-bond acceptors (Lipinski definition) is 0. The Morgan fingerprint density at radius 2 is 0.250 bits per heavy atom. The zero-order valence-electron chi connectivity index (χ0n) is 11.4. The van der Waals surface area contributed by atoms with Crippen LogP contribution in [0.2, 0.25) is 0 Å². The molecule has 0 atom stereocenters. The second kappa shape index (κ2) is 79.1. The van der Waals surface area contributed by atoms with Gasteiger partial charge in [-0.2, -0.15) is 0 Å². The minimum Gasteiger partial charge on any atom is -2.00 e. The molecule has 0 aromatic rings. The van der Waals surface area contributed by atoms with Crippen LogP contribution in [0.25, 0.3) is 0 Å². The molecule has 0 N–H and O–H groups in total. The summed E-state index contributed by atoms with van der Waals surface area (Å²) >= 11 is 0. The van der Waals surface area contributed by atoms with Gasteiger partial charge in [-0.3, -0.25) is 0 Å². The van der Waals surface area contributed by atoms with E-state index in [1.165, 1.54) is 0 Å². The fourth-order valence-corrected chi connectivity index (χ4v) is 0. The molecular weight excluding hydrogens is 285 g/mol. The fraction of sp³-hybridized carbons (Fsp3) is 0. The van der Waals surface area contributed by atoms with Crippen molar-refractivity contribution in [2.45, 2.75) is 0 Å². The molecule has 0 aromatic heterocycles. The van der Waals surface area contributed by atoms with Crippen LogP contribution in [0.4, 0.5) is 0 Å². The van der Waals surface area contributed by atoms with Crippen molar-refractivity contribution in [3.05, 3.63) is 0 Å². The maximum absolute atomic E-state index is 0. The first-order valence-electron chi connectivity index (χ1n) is 0. The molecule has 0 radical (unpaired) electrons. The van der Waals surface area contributed by atoms with E-state index in [9.17, 15) is 0 Å². The first kappa shape index (κ1) is 90.5. The van der Waals surface area contributed by atoms with E-state index in [1.54, 1.807) is 0 Å². The molecule has 0 saturated carbocycles. The summed E-state index contributed by atoms with van der Waals surface area (Å²) in [5, 5.41) is 0. The number of rotatable bonds is 0. The summed E-state index contributed by atoms with van der Waals surface area (Å²) in [6, 6.07) is 0. The summed E-state index contributed by atoms with van der Waals surface area (Å²) in [6.07, 6.45) is 0. The monoisotopic (exact) mass is 303 g/mol. The molecular formula is H18Na11S+9. The quantitative estimate of drug-likeness (QED) is 0.390. The Hall–Kier alpha value is 11.3. The molecule has 0 aromatic carbocycles. The van der Waals surface area contributed by atoms with Crippen molar-refractivity contribution >= 4 is 13.5 Å². The van der Waals surface area contributed by atoms with Gasteiger partial charge >= 0.3 is 325 Å². The van der Waals surface area contributed by atoms with Gasteiger partial charge in [0.25, 0.3) is 0 Å². The maximum Gasteiger partial charge on any atom is 1.00 e. The Kier molecular flexibility index (Phi) is 597. The topological polar surface area (TPSA) is 0 Å². The van der Waals surface area contributed by atoms with Crippen molar-refractivity contribution in [2.24, 2.45) is 0 Å². The van der Waals surface area contributed by atoms with Crippen LogP contribution in [-0.2, 0) is 13.5 Å². The second-order valence-electron chi connectivity index (χ2n) is 0. The van der Waals surface area contributed by atoms with E-state index in [0.29, 0.717) is 0 Å².